The fourth-order valence-electron chi connectivity index (χ4n) is 2.62. The van der Waals surface area contributed by atoms with Crippen molar-refractivity contribution < 1.29 is 9.90 Å². The third-order valence-electron chi connectivity index (χ3n) is 3.97. The molecule has 2 N–H and O–H groups in total. The van der Waals surface area contributed by atoms with Gasteiger partial charge in [0.1, 0.15) is 0 Å². The van der Waals surface area contributed by atoms with Crippen LogP contribution in [0.3, 0.4) is 0 Å². The zero-order valence-electron chi connectivity index (χ0n) is 11.0. The fraction of sp³-hybridized carbons (Fsp3) is 0.643. The third kappa shape index (κ3) is 2.93. The van der Waals surface area contributed by atoms with Crippen molar-refractivity contribution in [1.82, 2.24) is 5.32 Å². The second-order valence-electron chi connectivity index (χ2n) is 5.19. The molecule has 1 aliphatic rings. The molecule has 2 rings (SSSR count). The molecule has 0 radical (unpaired) electrons. The minimum Gasteiger partial charge on any atom is -0.396 e. The average Bonchev–Trinajstić information content (AvgIpc) is 2.93. The van der Waals surface area contributed by atoms with Gasteiger partial charge in [0.15, 0.2) is 0 Å². The van der Waals surface area contributed by atoms with E-state index in [1.807, 2.05) is 19.9 Å². The molecule has 1 aromatic heterocycles. The number of amides is 1. The lowest BCUT2D eigenvalue weighted by molar-refractivity contribution is 0.0942. The fourth-order valence-corrected chi connectivity index (χ4v) is 3.57. The summed E-state index contributed by atoms with van der Waals surface area (Å²) in [5, 5.41) is 12.3. The summed E-state index contributed by atoms with van der Waals surface area (Å²) in [4.78, 5) is 14.0. The van der Waals surface area contributed by atoms with Crippen LogP contribution >= 0.6 is 11.3 Å². The van der Waals surface area contributed by atoms with Gasteiger partial charge in [0.05, 0.1) is 4.88 Å². The number of aliphatic hydroxyl groups is 1. The standard InChI is InChI=1S/C14H21NO2S/c1-9-6-13(18-10(9)2)14(17)15-7-11-4-3-5-12(11)8-16/h6,11-12,16H,3-5,7-8H2,1-2H3,(H,15,17). The van der Waals surface area contributed by atoms with Crippen molar-refractivity contribution in [2.45, 2.75) is 33.1 Å². The Balaban J connectivity index is 1.88. The van der Waals surface area contributed by atoms with Gasteiger partial charge in [0.2, 0.25) is 0 Å². The summed E-state index contributed by atoms with van der Waals surface area (Å²) in [5.41, 5.74) is 1.18. The highest BCUT2D eigenvalue weighted by Crippen LogP contribution is 2.30. The number of thiophene rings is 1. The van der Waals surface area contributed by atoms with Crippen LogP contribution in [0.15, 0.2) is 6.07 Å². The molecule has 1 amide bonds. The molecule has 0 bridgehead atoms. The average molecular weight is 267 g/mol. The number of aryl methyl sites for hydroxylation is 2. The first-order valence-corrected chi connectivity index (χ1v) is 7.39. The SMILES string of the molecule is Cc1cc(C(=O)NCC2CCCC2CO)sc1C. The third-order valence-corrected chi connectivity index (χ3v) is 5.12. The molecule has 0 aromatic carbocycles. The van der Waals surface area contributed by atoms with Gasteiger partial charge < -0.3 is 10.4 Å². The highest BCUT2D eigenvalue weighted by Gasteiger charge is 2.26. The molecule has 1 saturated carbocycles. The van der Waals surface area contributed by atoms with Gasteiger partial charge in [-0.2, -0.15) is 0 Å². The van der Waals surface area contributed by atoms with E-state index in [1.165, 1.54) is 16.9 Å². The first-order chi connectivity index (χ1) is 8.61. The highest BCUT2D eigenvalue weighted by atomic mass is 32.1. The molecule has 1 aliphatic carbocycles. The maximum atomic E-state index is 12.0. The Kier molecular flexibility index (Phi) is 4.40. The maximum absolute atomic E-state index is 12.0. The summed E-state index contributed by atoms with van der Waals surface area (Å²) in [6, 6.07) is 1.95. The van der Waals surface area contributed by atoms with Crippen LogP contribution in [0.1, 0.15) is 39.4 Å². The largest absolute Gasteiger partial charge is 0.396 e. The minimum atomic E-state index is 0.0276. The van der Waals surface area contributed by atoms with E-state index in [-0.39, 0.29) is 12.5 Å². The number of carbonyl (C=O) groups excluding carboxylic acids is 1. The van der Waals surface area contributed by atoms with Crippen LogP contribution < -0.4 is 5.32 Å². The Labute approximate surface area is 112 Å². The molecular weight excluding hydrogens is 246 g/mol. The van der Waals surface area contributed by atoms with Crippen LogP contribution in [-0.2, 0) is 0 Å². The normalized spacial score (nSPS) is 23.3. The van der Waals surface area contributed by atoms with Gasteiger partial charge in [0, 0.05) is 18.0 Å². The van der Waals surface area contributed by atoms with Crippen LogP contribution in [0, 0.1) is 25.7 Å². The van der Waals surface area contributed by atoms with E-state index in [9.17, 15) is 9.90 Å². The smallest absolute Gasteiger partial charge is 0.261 e. The molecule has 100 valence electrons. The molecule has 1 fully saturated rings. The van der Waals surface area contributed by atoms with Gasteiger partial charge in [-0.25, -0.2) is 0 Å². The van der Waals surface area contributed by atoms with Crippen molar-refractivity contribution in [2.75, 3.05) is 13.2 Å². The van der Waals surface area contributed by atoms with Crippen molar-refractivity contribution in [3.63, 3.8) is 0 Å². The Bertz CT molecular complexity index is 408. The molecule has 2 atom stereocenters. The zero-order valence-corrected chi connectivity index (χ0v) is 11.8. The molecule has 4 heteroatoms. The molecule has 18 heavy (non-hydrogen) atoms. The summed E-state index contributed by atoms with van der Waals surface area (Å²) >= 11 is 1.55. The van der Waals surface area contributed by atoms with Gasteiger partial charge in [-0.05, 0) is 50.2 Å². The molecule has 0 spiro atoms. The van der Waals surface area contributed by atoms with Crippen molar-refractivity contribution >= 4 is 17.2 Å². The molecule has 1 aromatic rings. The van der Waals surface area contributed by atoms with E-state index in [4.69, 9.17) is 0 Å². The van der Waals surface area contributed by atoms with Gasteiger partial charge >= 0.3 is 0 Å². The molecule has 0 saturated heterocycles. The van der Waals surface area contributed by atoms with Crippen LogP contribution in [-0.4, -0.2) is 24.2 Å². The van der Waals surface area contributed by atoms with Crippen molar-refractivity contribution in [1.29, 1.82) is 0 Å². The van der Waals surface area contributed by atoms with E-state index in [0.29, 0.717) is 18.4 Å². The molecule has 0 aliphatic heterocycles. The lowest BCUT2D eigenvalue weighted by Crippen LogP contribution is -2.31. The predicted octanol–water partition coefficient (Wildman–Crippen LogP) is 2.50. The van der Waals surface area contributed by atoms with Crippen LogP contribution in [0.2, 0.25) is 0 Å². The monoisotopic (exact) mass is 267 g/mol. The Hall–Kier alpha value is -0.870. The number of nitrogens with one attached hydrogen (secondary N) is 1. The van der Waals surface area contributed by atoms with Crippen molar-refractivity contribution in [2.24, 2.45) is 11.8 Å². The zero-order chi connectivity index (χ0) is 13.1. The maximum Gasteiger partial charge on any atom is 0.261 e. The van der Waals surface area contributed by atoms with Crippen LogP contribution in [0.4, 0.5) is 0 Å². The lowest BCUT2D eigenvalue weighted by atomic mass is 9.97. The number of hydrogen-bond acceptors (Lipinski definition) is 3. The minimum absolute atomic E-state index is 0.0276. The second-order valence-corrected chi connectivity index (χ2v) is 6.45. The summed E-state index contributed by atoms with van der Waals surface area (Å²) in [7, 11) is 0. The topological polar surface area (TPSA) is 49.3 Å². The quantitative estimate of drug-likeness (QED) is 0.880. The van der Waals surface area contributed by atoms with Gasteiger partial charge in [-0.1, -0.05) is 6.42 Å². The van der Waals surface area contributed by atoms with Crippen LogP contribution in [0.5, 0.6) is 0 Å². The number of aliphatic hydroxyl groups excluding tert-OH is 1. The van der Waals surface area contributed by atoms with Crippen molar-refractivity contribution in [3.05, 3.63) is 21.4 Å². The number of hydrogen-bond donors (Lipinski definition) is 2. The first-order valence-electron chi connectivity index (χ1n) is 6.58. The van der Waals surface area contributed by atoms with Gasteiger partial charge in [-0.3, -0.25) is 4.79 Å². The lowest BCUT2D eigenvalue weighted by Gasteiger charge is -2.17. The second kappa shape index (κ2) is 5.85. The summed E-state index contributed by atoms with van der Waals surface area (Å²) in [6.07, 6.45) is 3.38. The Morgan fingerprint density at radius 2 is 2.17 bits per heavy atom. The predicted molar refractivity (Wildman–Crippen MR) is 74.0 cm³/mol. The van der Waals surface area contributed by atoms with Gasteiger partial charge in [-0.15, -0.1) is 11.3 Å². The number of carbonyl (C=O) groups is 1. The van der Waals surface area contributed by atoms with Gasteiger partial charge in [0.25, 0.3) is 5.91 Å². The highest BCUT2D eigenvalue weighted by molar-refractivity contribution is 7.14. The van der Waals surface area contributed by atoms with E-state index in [1.54, 1.807) is 11.3 Å². The van der Waals surface area contributed by atoms with E-state index in [0.717, 1.165) is 17.7 Å². The summed E-state index contributed by atoms with van der Waals surface area (Å²) < 4.78 is 0. The van der Waals surface area contributed by atoms with E-state index >= 15 is 0 Å². The molecular formula is C14H21NO2S. The molecule has 3 nitrogen and oxygen atoms in total. The first kappa shape index (κ1) is 13.6. The van der Waals surface area contributed by atoms with Crippen molar-refractivity contribution in [3.8, 4) is 0 Å². The van der Waals surface area contributed by atoms with E-state index < -0.39 is 0 Å². The number of rotatable bonds is 4. The molecule has 2 unspecified atom stereocenters. The Morgan fingerprint density at radius 1 is 1.44 bits per heavy atom. The summed E-state index contributed by atoms with van der Waals surface area (Å²) in [6.45, 7) is 5.01. The van der Waals surface area contributed by atoms with Crippen LogP contribution in [0.25, 0.3) is 0 Å². The van der Waals surface area contributed by atoms with E-state index in [2.05, 4.69) is 5.32 Å². The Morgan fingerprint density at radius 3 is 2.78 bits per heavy atom. The summed E-state index contributed by atoms with van der Waals surface area (Å²) in [5.74, 6) is 0.845. The molecule has 1 heterocycles.